The predicted octanol–water partition coefficient (Wildman–Crippen LogP) is 1.89. The maximum atomic E-state index is 8.23. The zero-order valence-electron chi connectivity index (χ0n) is 6.47. The molecule has 5 heteroatoms. The number of imidazole rings is 1. The van der Waals surface area contributed by atoms with Gasteiger partial charge < -0.3 is 4.57 Å². The first-order chi connectivity index (χ1) is 5.17. The van der Waals surface area contributed by atoms with Crippen molar-refractivity contribution >= 4 is 0 Å². The van der Waals surface area contributed by atoms with Crippen LogP contribution in [0.25, 0.3) is 10.4 Å². The molecule has 0 saturated carbocycles. The van der Waals surface area contributed by atoms with Crippen molar-refractivity contribution < 1.29 is 0 Å². The number of nitrogens with zero attached hydrogens (tertiary/aromatic N) is 5. The van der Waals surface area contributed by atoms with Crippen molar-refractivity contribution in [2.45, 2.75) is 19.5 Å². The monoisotopic (exact) mass is 151 g/mol. The highest BCUT2D eigenvalue weighted by molar-refractivity contribution is 4.84. The largest absolute Gasteiger partial charge is 0.326 e. The Kier molecular flexibility index (Phi) is 1.83. The molecule has 1 rings (SSSR count). The van der Waals surface area contributed by atoms with Crippen molar-refractivity contribution in [1.82, 2.24) is 9.55 Å². The summed E-state index contributed by atoms with van der Waals surface area (Å²) in [7, 11) is 0. The molecule has 0 radical (unpaired) electrons. The van der Waals surface area contributed by atoms with Crippen LogP contribution < -0.4 is 0 Å². The van der Waals surface area contributed by atoms with Crippen LogP contribution in [-0.4, -0.2) is 9.55 Å². The highest BCUT2D eigenvalue weighted by atomic mass is 15.3. The van der Waals surface area contributed by atoms with E-state index < -0.39 is 5.66 Å². The summed E-state index contributed by atoms with van der Waals surface area (Å²) in [5.74, 6) is 0. The van der Waals surface area contributed by atoms with Gasteiger partial charge in [-0.3, -0.25) is 0 Å². The normalized spacial score (nSPS) is 10.7. The second kappa shape index (κ2) is 2.64. The number of rotatable bonds is 2. The van der Waals surface area contributed by atoms with E-state index in [9.17, 15) is 0 Å². The van der Waals surface area contributed by atoms with Crippen LogP contribution >= 0.6 is 0 Å². The lowest BCUT2D eigenvalue weighted by Gasteiger charge is -2.18. The lowest BCUT2D eigenvalue weighted by Crippen LogP contribution is -2.20. The van der Waals surface area contributed by atoms with Gasteiger partial charge in [-0.05, 0) is 19.4 Å². The summed E-state index contributed by atoms with van der Waals surface area (Å²) in [5.41, 5.74) is 7.66. The van der Waals surface area contributed by atoms with E-state index in [0.29, 0.717) is 0 Å². The topological polar surface area (TPSA) is 66.6 Å². The van der Waals surface area contributed by atoms with Crippen LogP contribution in [0.1, 0.15) is 13.8 Å². The van der Waals surface area contributed by atoms with E-state index >= 15 is 0 Å². The summed E-state index contributed by atoms with van der Waals surface area (Å²) in [4.78, 5) is 6.59. The van der Waals surface area contributed by atoms with Crippen molar-refractivity contribution in [3.63, 3.8) is 0 Å². The molecule has 0 aromatic carbocycles. The average molecular weight is 151 g/mol. The molecular weight excluding hydrogens is 142 g/mol. The van der Waals surface area contributed by atoms with Crippen LogP contribution in [0.5, 0.6) is 0 Å². The van der Waals surface area contributed by atoms with Gasteiger partial charge in [-0.15, -0.1) is 0 Å². The molecule has 0 aliphatic rings. The van der Waals surface area contributed by atoms with Gasteiger partial charge in [-0.25, -0.2) is 4.98 Å². The molecule has 58 valence electrons. The maximum Gasteiger partial charge on any atom is 0.118 e. The third kappa shape index (κ3) is 1.50. The van der Waals surface area contributed by atoms with Crippen LogP contribution in [0.4, 0.5) is 0 Å². The fraction of sp³-hybridized carbons (Fsp3) is 0.500. The Hall–Kier alpha value is -1.48. The minimum Gasteiger partial charge on any atom is -0.326 e. The second-order valence-corrected chi connectivity index (χ2v) is 2.65. The van der Waals surface area contributed by atoms with Gasteiger partial charge >= 0.3 is 0 Å². The standard InChI is InChI=1S/C6H9N5/c1-6(2,9-10-7)11-4-3-8-5-11/h3-5H,1-2H3. The van der Waals surface area contributed by atoms with Crippen molar-refractivity contribution in [1.29, 1.82) is 0 Å². The zero-order chi connectivity index (χ0) is 8.32. The Labute approximate surface area is 64.3 Å². The quantitative estimate of drug-likeness (QED) is 0.361. The van der Waals surface area contributed by atoms with Crippen LogP contribution in [0, 0.1) is 0 Å². The van der Waals surface area contributed by atoms with E-state index in [1.807, 2.05) is 13.8 Å². The molecule has 0 fully saturated rings. The third-order valence-corrected chi connectivity index (χ3v) is 1.43. The molecule has 11 heavy (non-hydrogen) atoms. The molecular formula is C6H9N5. The molecule has 1 heterocycles. The summed E-state index contributed by atoms with van der Waals surface area (Å²) < 4.78 is 1.74. The highest BCUT2D eigenvalue weighted by Gasteiger charge is 2.15. The maximum absolute atomic E-state index is 8.23. The van der Waals surface area contributed by atoms with Crippen LogP contribution in [0.2, 0.25) is 0 Å². The Morgan fingerprint density at radius 1 is 1.64 bits per heavy atom. The lowest BCUT2D eigenvalue weighted by atomic mass is 10.3. The van der Waals surface area contributed by atoms with E-state index in [2.05, 4.69) is 15.0 Å². The SMILES string of the molecule is CC(C)(N=[N+]=[N-])n1ccnc1. The summed E-state index contributed by atoms with van der Waals surface area (Å²) in [5, 5.41) is 3.60. The van der Waals surface area contributed by atoms with Crippen molar-refractivity contribution in [3.05, 3.63) is 29.2 Å². The molecule has 0 amide bonds. The van der Waals surface area contributed by atoms with Gasteiger partial charge in [0.1, 0.15) is 5.66 Å². The molecule has 5 nitrogen and oxygen atoms in total. The number of hydrogen-bond acceptors (Lipinski definition) is 2. The molecule has 0 saturated heterocycles. The molecule has 1 aromatic rings. The summed E-state index contributed by atoms with van der Waals surface area (Å²) >= 11 is 0. The van der Waals surface area contributed by atoms with Gasteiger partial charge in [0.25, 0.3) is 0 Å². The average Bonchev–Trinajstić information content (AvgIpc) is 2.37. The predicted molar refractivity (Wildman–Crippen MR) is 40.7 cm³/mol. The van der Waals surface area contributed by atoms with Crippen molar-refractivity contribution in [2.75, 3.05) is 0 Å². The molecule has 0 spiro atoms. The van der Waals surface area contributed by atoms with Crippen LogP contribution in [0.3, 0.4) is 0 Å². The molecule has 0 aliphatic carbocycles. The fourth-order valence-electron chi connectivity index (χ4n) is 0.744. The smallest absolute Gasteiger partial charge is 0.118 e. The fourth-order valence-corrected chi connectivity index (χ4v) is 0.744. The van der Waals surface area contributed by atoms with Gasteiger partial charge in [-0.1, -0.05) is 5.11 Å². The lowest BCUT2D eigenvalue weighted by molar-refractivity contribution is 0.369. The Balaban J connectivity index is 2.99. The number of aromatic nitrogens is 2. The van der Waals surface area contributed by atoms with Crippen molar-refractivity contribution in [3.8, 4) is 0 Å². The van der Waals surface area contributed by atoms with E-state index in [4.69, 9.17) is 5.53 Å². The van der Waals surface area contributed by atoms with E-state index in [1.54, 1.807) is 23.3 Å². The highest BCUT2D eigenvalue weighted by Crippen LogP contribution is 2.15. The summed E-state index contributed by atoms with van der Waals surface area (Å²) in [6, 6.07) is 0. The van der Waals surface area contributed by atoms with Gasteiger partial charge in [0.2, 0.25) is 0 Å². The van der Waals surface area contributed by atoms with E-state index in [1.165, 1.54) is 0 Å². The molecule has 0 unspecified atom stereocenters. The van der Waals surface area contributed by atoms with E-state index in [0.717, 1.165) is 0 Å². The van der Waals surface area contributed by atoms with Gasteiger partial charge in [0, 0.05) is 17.3 Å². The summed E-state index contributed by atoms with van der Waals surface area (Å²) in [6.45, 7) is 3.63. The second-order valence-electron chi connectivity index (χ2n) is 2.65. The van der Waals surface area contributed by atoms with Crippen LogP contribution in [-0.2, 0) is 5.66 Å². The molecule has 0 atom stereocenters. The Morgan fingerprint density at radius 3 is 2.82 bits per heavy atom. The molecule has 0 N–H and O–H groups in total. The van der Waals surface area contributed by atoms with E-state index in [-0.39, 0.29) is 0 Å². The Morgan fingerprint density at radius 2 is 2.36 bits per heavy atom. The number of hydrogen-bond donors (Lipinski definition) is 0. The van der Waals surface area contributed by atoms with Gasteiger partial charge in [0.15, 0.2) is 0 Å². The van der Waals surface area contributed by atoms with Gasteiger partial charge in [0.05, 0.1) is 6.33 Å². The number of azide groups is 1. The van der Waals surface area contributed by atoms with Gasteiger partial charge in [-0.2, -0.15) is 0 Å². The summed E-state index contributed by atoms with van der Waals surface area (Å²) in [6.07, 6.45) is 5.03. The third-order valence-electron chi connectivity index (χ3n) is 1.43. The minimum absolute atomic E-state index is 0.564. The molecule has 0 bridgehead atoms. The first-order valence-electron chi connectivity index (χ1n) is 3.21. The minimum atomic E-state index is -0.564. The van der Waals surface area contributed by atoms with Crippen molar-refractivity contribution in [2.24, 2.45) is 5.11 Å². The molecule has 0 aliphatic heterocycles. The Bertz CT molecular complexity index is 267. The zero-order valence-corrected chi connectivity index (χ0v) is 6.47. The molecule has 1 aromatic heterocycles. The first-order valence-corrected chi connectivity index (χ1v) is 3.21. The first kappa shape index (κ1) is 7.63. The van der Waals surface area contributed by atoms with Crippen LogP contribution in [0.15, 0.2) is 23.8 Å².